The lowest BCUT2D eigenvalue weighted by Gasteiger charge is -2.16. The Morgan fingerprint density at radius 3 is 1.87 bits per heavy atom. The van der Waals surface area contributed by atoms with E-state index >= 15 is 0 Å². The molecule has 1 N–H and O–H groups in total. The first-order valence-electron chi connectivity index (χ1n) is 12.5. The SMILES string of the molecule is O=c1c2ccccc2n(Cc2cccc(CO)c2)c2ccc([S+](c3ccc(F)cc3)c3ccc(F)cc3)cc12. The molecule has 6 aromatic rings. The fraction of sp³-hybridized carbons (Fsp3) is 0.0606. The molecule has 0 radical (unpaired) electrons. The molecule has 0 spiro atoms. The molecule has 39 heavy (non-hydrogen) atoms. The van der Waals surface area contributed by atoms with Gasteiger partial charge in [0, 0.05) is 18.0 Å². The highest BCUT2D eigenvalue weighted by molar-refractivity contribution is 7.97. The van der Waals surface area contributed by atoms with E-state index in [9.17, 15) is 18.7 Å². The molecule has 1 heterocycles. The van der Waals surface area contributed by atoms with E-state index in [-0.39, 0.29) is 23.7 Å². The lowest BCUT2D eigenvalue weighted by atomic mass is 10.1. The Bertz CT molecular complexity index is 1820. The average Bonchev–Trinajstić information content (AvgIpc) is 2.97. The summed E-state index contributed by atoms with van der Waals surface area (Å²) >= 11 is 0. The summed E-state index contributed by atoms with van der Waals surface area (Å²) in [5, 5.41) is 10.8. The van der Waals surface area contributed by atoms with Crippen LogP contribution in [0.3, 0.4) is 0 Å². The van der Waals surface area contributed by atoms with E-state index in [0.717, 1.165) is 36.8 Å². The van der Waals surface area contributed by atoms with Gasteiger partial charge in [0.25, 0.3) is 0 Å². The lowest BCUT2D eigenvalue weighted by Crippen LogP contribution is -2.13. The van der Waals surface area contributed by atoms with Gasteiger partial charge < -0.3 is 9.67 Å². The van der Waals surface area contributed by atoms with Crippen molar-refractivity contribution in [3.8, 4) is 0 Å². The van der Waals surface area contributed by atoms with E-state index in [4.69, 9.17) is 0 Å². The maximum Gasteiger partial charge on any atom is 0.197 e. The minimum atomic E-state index is -0.687. The number of halogens is 2. The summed E-state index contributed by atoms with van der Waals surface area (Å²) in [5.41, 5.74) is 3.39. The van der Waals surface area contributed by atoms with Crippen molar-refractivity contribution in [1.82, 2.24) is 4.57 Å². The van der Waals surface area contributed by atoms with Crippen LogP contribution in [-0.4, -0.2) is 9.67 Å². The first kappa shape index (κ1) is 25.0. The van der Waals surface area contributed by atoms with Gasteiger partial charge in [-0.1, -0.05) is 36.4 Å². The molecule has 1 aromatic heterocycles. The summed E-state index contributed by atoms with van der Waals surface area (Å²) in [6, 6.07) is 33.8. The Kier molecular flexibility index (Phi) is 6.73. The van der Waals surface area contributed by atoms with Crippen molar-refractivity contribution in [2.45, 2.75) is 27.8 Å². The zero-order valence-corrected chi connectivity index (χ0v) is 21.7. The summed E-state index contributed by atoms with van der Waals surface area (Å²) in [5.74, 6) is -0.668. The van der Waals surface area contributed by atoms with Crippen LogP contribution in [0.15, 0.2) is 135 Å². The molecule has 0 amide bonds. The van der Waals surface area contributed by atoms with Crippen LogP contribution in [-0.2, 0) is 24.0 Å². The van der Waals surface area contributed by atoms with Gasteiger partial charge in [-0.2, -0.15) is 0 Å². The molecule has 3 nitrogen and oxygen atoms in total. The topological polar surface area (TPSA) is 42.2 Å². The number of fused-ring (bicyclic) bond motifs is 2. The zero-order valence-electron chi connectivity index (χ0n) is 20.9. The monoisotopic (exact) mass is 536 g/mol. The lowest BCUT2D eigenvalue weighted by molar-refractivity contribution is 0.281. The third-order valence-corrected chi connectivity index (χ3v) is 9.00. The molecule has 192 valence electrons. The standard InChI is InChI=1S/C33H24F2NO2S/c34-24-8-12-26(13-9-24)39(27-14-10-25(35)11-15-27)28-16-17-32-30(19-28)33(38)29-6-1-2-7-31(29)36(32)20-22-4-3-5-23(18-22)21-37/h1-19,37H,20-21H2/q+1. The van der Waals surface area contributed by atoms with Crippen LogP contribution < -0.4 is 5.43 Å². The predicted octanol–water partition coefficient (Wildman–Crippen LogP) is 7.07. The molecule has 6 heteroatoms. The maximum absolute atomic E-state index is 13.8. The van der Waals surface area contributed by atoms with Gasteiger partial charge in [0.05, 0.1) is 33.9 Å². The second-order valence-corrected chi connectivity index (χ2v) is 11.3. The molecule has 0 aliphatic heterocycles. The minimum absolute atomic E-state index is 0.0437. The van der Waals surface area contributed by atoms with Crippen LogP contribution in [0.4, 0.5) is 8.78 Å². The van der Waals surface area contributed by atoms with Gasteiger partial charge in [0.2, 0.25) is 0 Å². The fourth-order valence-electron chi connectivity index (χ4n) is 4.96. The number of hydrogen-bond acceptors (Lipinski definition) is 2. The molecule has 0 saturated carbocycles. The molecule has 6 rings (SSSR count). The Hall–Kier alpha value is -4.26. The van der Waals surface area contributed by atoms with E-state index in [1.54, 1.807) is 24.3 Å². The van der Waals surface area contributed by atoms with Gasteiger partial charge in [-0.25, -0.2) is 8.78 Å². The number of aliphatic hydroxyl groups excluding tert-OH is 1. The van der Waals surface area contributed by atoms with E-state index in [0.29, 0.717) is 17.3 Å². The van der Waals surface area contributed by atoms with Crippen LogP contribution in [0.5, 0.6) is 0 Å². The predicted molar refractivity (Wildman–Crippen MR) is 152 cm³/mol. The average molecular weight is 537 g/mol. The van der Waals surface area contributed by atoms with E-state index in [1.165, 1.54) is 24.3 Å². The number of benzene rings is 5. The summed E-state index contributed by atoms with van der Waals surface area (Å²) in [4.78, 5) is 16.4. The number of para-hydroxylation sites is 1. The molecule has 0 aliphatic carbocycles. The summed E-state index contributed by atoms with van der Waals surface area (Å²) in [6.45, 7) is 0.476. The van der Waals surface area contributed by atoms with E-state index in [2.05, 4.69) is 4.57 Å². The summed E-state index contributed by atoms with van der Waals surface area (Å²) < 4.78 is 29.7. The van der Waals surface area contributed by atoms with Gasteiger partial charge in [0.1, 0.15) is 11.6 Å². The third-order valence-electron chi connectivity index (χ3n) is 6.79. The van der Waals surface area contributed by atoms with Crippen LogP contribution in [0.1, 0.15) is 11.1 Å². The molecule has 0 unspecified atom stereocenters. The van der Waals surface area contributed by atoms with Crippen molar-refractivity contribution in [3.63, 3.8) is 0 Å². The quantitative estimate of drug-likeness (QED) is 0.183. The molecule has 0 bridgehead atoms. The Labute approximate surface area is 227 Å². The second kappa shape index (κ2) is 10.5. The van der Waals surface area contributed by atoms with Crippen molar-refractivity contribution in [3.05, 3.63) is 148 Å². The van der Waals surface area contributed by atoms with Gasteiger partial charge in [-0.15, -0.1) is 0 Å². The Morgan fingerprint density at radius 1 is 0.615 bits per heavy atom. The Balaban J connectivity index is 1.57. The number of rotatable bonds is 6. The van der Waals surface area contributed by atoms with Crippen LogP contribution in [0, 0.1) is 11.6 Å². The smallest absolute Gasteiger partial charge is 0.197 e. The van der Waals surface area contributed by atoms with Gasteiger partial charge in [-0.05, 0) is 83.9 Å². The highest BCUT2D eigenvalue weighted by atomic mass is 32.2. The molecule has 0 atom stereocenters. The highest BCUT2D eigenvalue weighted by Gasteiger charge is 2.30. The Morgan fingerprint density at radius 2 is 1.21 bits per heavy atom. The van der Waals surface area contributed by atoms with Gasteiger partial charge in [-0.3, -0.25) is 4.79 Å². The molecule has 0 saturated heterocycles. The maximum atomic E-state index is 13.8. The summed E-state index contributed by atoms with van der Waals surface area (Å²) in [6.07, 6.45) is 0. The second-order valence-electron chi connectivity index (χ2n) is 9.30. The molecule has 0 aliphatic rings. The number of aliphatic hydroxyl groups is 1. The fourth-order valence-corrected chi connectivity index (χ4v) is 7.04. The first-order chi connectivity index (χ1) is 19.0. The van der Waals surface area contributed by atoms with Crippen molar-refractivity contribution in [1.29, 1.82) is 0 Å². The molecular formula is C33H24F2NO2S+. The van der Waals surface area contributed by atoms with Crippen molar-refractivity contribution in [2.24, 2.45) is 0 Å². The van der Waals surface area contributed by atoms with Crippen molar-refractivity contribution >= 4 is 32.7 Å². The zero-order chi connectivity index (χ0) is 26.9. The highest BCUT2D eigenvalue weighted by Crippen LogP contribution is 2.33. The van der Waals surface area contributed by atoms with Crippen molar-refractivity contribution < 1.29 is 13.9 Å². The van der Waals surface area contributed by atoms with Crippen LogP contribution >= 0.6 is 0 Å². The van der Waals surface area contributed by atoms with E-state index in [1.807, 2.05) is 66.7 Å². The normalized spacial score (nSPS) is 11.5. The van der Waals surface area contributed by atoms with Crippen LogP contribution in [0.25, 0.3) is 21.8 Å². The number of hydrogen-bond donors (Lipinski definition) is 1. The van der Waals surface area contributed by atoms with Gasteiger partial charge >= 0.3 is 0 Å². The molecule has 0 fully saturated rings. The van der Waals surface area contributed by atoms with E-state index < -0.39 is 10.9 Å². The molecule has 5 aromatic carbocycles. The minimum Gasteiger partial charge on any atom is -0.392 e. The third kappa shape index (κ3) is 4.85. The van der Waals surface area contributed by atoms with Crippen molar-refractivity contribution in [2.75, 3.05) is 0 Å². The molecular weight excluding hydrogens is 512 g/mol. The first-order valence-corrected chi connectivity index (χ1v) is 13.7. The number of pyridine rings is 1. The van der Waals surface area contributed by atoms with Gasteiger partial charge in [0.15, 0.2) is 20.1 Å². The van der Waals surface area contributed by atoms with Crippen LogP contribution in [0.2, 0.25) is 0 Å². The number of nitrogens with zero attached hydrogens (tertiary/aromatic N) is 1. The largest absolute Gasteiger partial charge is 0.392 e. The summed E-state index contributed by atoms with van der Waals surface area (Å²) in [7, 11) is -0.687. The number of aromatic nitrogens is 1.